The largest absolute Gasteiger partial charge is 0.493 e. The maximum absolute atomic E-state index is 12.8. The van der Waals surface area contributed by atoms with Crippen LogP contribution < -0.4 is 9.47 Å². The maximum Gasteiger partial charge on any atom is 0.261 e. The molecule has 0 radical (unpaired) electrons. The number of nitriles is 1. The second-order valence-electron chi connectivity index (χ2n) is 6.53. The Morgan fingerprint density at radius 3 is 2.96 bits per heavy atom. The highest BCUT2D eigenvalue weighted by Crippen LogP contribution is 2.36. The summed E-state index contributed by atoms with van der Waals surface area (Å²) >= 11 is 1.64. The second-order valence-corrected chi connectivity index (χ2v) is 7.59. The number of carbonyl (C=O) groups excluding carboxylic acids is 1. The fourth-order valence-electron chi connectivity index (χ4n) is 3.43. The van der Waals surface area contributed by atoms with Crippen LogP contribution in [0.5, 0.6) is 11.5 Å². The van der Waals surface area contributed by atoms with E-state index in [1.165, 1.54) is 7.11 Å². The van der Waals surface area contributed by atoms with Gasteiger partial charge in [0, 0.05) is 12.6 Å². The lowest BCUT2D eigenvalue weighted by molar-refractivity contribution is -0.134. The average molecular weight is 393 g/mol. The van der Waals surface area contributed by atoms with E-state index >= 15 is 0 Å². The molecular formula is C21H19N3O3S. The van der Waals surface area contributed by atoms with Crippen molar-refractivity contribution in [2.24, 2.45) is 0 Å². The van der Waals surface area contributed by atoms with Crippen molar-refractivity contribution in [2.45, 2.75) is 18.9 Å². The summed E-state index contributed by atoms with van der Waals surface area (Å²) in [7, 11) is 1.51. The summed E-state index contributed by atoms with van der Waals surface area (Å²) in [5, 5.41) is 9.96. The first-order valence-corrected chi connectivity index (χ1v) is 9.87. The number of benzene rings is 2. The summed E-state index contributed by atoms with van der Waals surface area (Å²) in [6.07, 6.45) is 1.86. The molecule has 6 nitrogen and oxygen atoms in total. The minimum Gasteiger partial charge on any atom is -0.493 e. The van der Waals surface area contributed by atoms with Crippen molar-refractivity contribution in [1.82, 2.24) is 9.88 Å². The van der Waals surface area contributed by atoms with Gasteiger partial charge in [-0.25, -0.2) is 4.98 Å². The smallest absolute Gasteiger partial charge is 0.261 e. The fraction of sp³-hybridized carbons (Fsp3) is 0.286. The summed E-state index contributed by atoms with van der Waals surface area (Å²) < 4.78 is 12.1. The van der Waals surface area contributed by atoms with Crippen LogP contribution in [0.2, 0.25) is 0 Å². The van der Waals surface area contributed by atoms with Gasteiger partial charge in [-0.05, 0) is 37.1 Å². The normalized spacial score (nSPS) is 16.1. The predicted octanol–water partition coefficient (Wildman–Crippen LogP) is 3.92. The van der Waals surface area contributed by atoms with Crippen LogP contribution in [0, 0.1) is 11.3 Å². The molecule has 2 heterocycles. The number of carbonyl (C=O) groups is 1. The molecule has 0 aliphatic carbocycles. The Kier molecular flexibility index (Phi) is 5.13. The summed E-state index contributed by atoms with van der Waals surface area (Å²) in [6.45, 7) is 0.622. The van der Waals surface area contributed by atoms with Gasteiger partial charge in [0.2, 0.25) is 0 Å². The van der Waals surface area contributed by atoms with Crippen molar-refractivity contribution in [3.63, 3.8) is 0 Å². The number of amides is 1. The molecule has 3 aromatic rings. The van der Waals surface area contributed by atoms with Crippen molar-refractivity contribution in [3.05, 3.63) is 53.0 Å². The molecule has 1 unspecified atom stereocenters. The van der Waals surface area contributed by atoms with E-state index < -0.39 is 0 Å². The number of methoxy groups -OCH3 is 1. The first-order chi connectivity index (χ1) is 13.7. The highest BCUT2D eigenvalue weighted by atomic mass is 32.1. The number of aromatic nitrogens is 1. The van der Waals surface area contributed by atoms with E-state index in [4.69, 9.17) is 19.7 Å². The molecule has 7 heteroatoms. The van der Waals surface area contributed by atoms with Crippen molar-refractivity contribution in [1.29, 1.82) is 5.26 Å². The van der Waals surface area contributed by atoms with Gasteiger partial charge in [0.15, 0.2) is 18.1 Å². The Morgan fingerprint density at radius 2 is 2.18 bits per heavy atom. The summed E-state index contributed by atoms with van der Waals surface area (Å²) in [6, 6.07) is 15.0. The standard InChI is InChI=1S/C21H19N3O3S/c1-26-18-11-14(12-22)8-9-17(18)27-13-20(25)24-10-4-6-16(24)21-23-15-5-2-3-7-19(15)28-21/h2-3,5,7-9,11,16H,4,6,10,13H2,1H3. The lowest BCUT2D eigenvalue weighted by atomic mass is 10.2. The Hall–Kier alpha value is -3.11. The minimum absolute atomic E-state index is 0.00337. The molecule has 1 atom stereocenters. The molecule has 1 aliphatic heterocycles. The first-order valence-electron chi connectivity index (χ1n) is 9.05. The van der Waals surface area contributed by atoms with Crippen LogP contribution in [-0.4, -0.2) is 36.1 Å². The third-order valence-corrected chi connectivity index (χ3v) is 5.95. The van der Waals surface area contributed by atoms with Gasteiger partial charge in [0.25, 0.3) is 5.91 Å². The van der Waals surface area contributed by atoms with Crippen LogP contribution >= 0.6 is 11.3 Å². The van der Waals surface area contributed by atoms with E-state index in [2.05, 4.69) is 12.1 Å². The zero-order chi connectivity index (χ0) is 19.5. The van der Waals surface area contributed by atoms with E-state index in [0.29, 0.717) is 23.6 Å². The number of para-hydroxylation sites is 1. The zero-order valence-corrected chi connectivity index (χ0v) is 16.2. The van der Waals surface area contributed by atoms with Crippen LogP contribution in [0.1, 0.15) is 29.5 Å². The molecule has 2 aromatic carbocycles. The number of ether oxygens (including phenoxy) is 2. The minimum atomic E-state index is -0.0797. The monoisotopic (exact) mass is 393 g/mol. The average Bonchev–Trinajstić information content (AvgIpc) is 3.38. The molecule has 0 bridgehead atoms. The van der Waals surface area contributed by atoms with Crippen molar-refractivity contribution in [2.75, 3.05) is 20.3 Å². The molecule has 1 aliphatic rings. The van der Waals surface area contributed by atoms with Crippen LogP contribution in [0.15, 0.2) is 42.5 Å². The Balaban J connectivity index is 1.47. The molecule has 0 N–H and O–H groups in total. The van der Waals surface area contributed by atoms with Crippen LogP contribution in [-0.2, 0) is 4.79 Å². The lowest BCUT2D eigenvalue weighted by Gasteiger charge is -2.23. The zero-order valence-electron chi connectivity index (χ0n) is 15.4. The fourth-order valence-corrected chi connectivity index (χ4v) is 4.55. The van der Waals surface area contributed by atoms with Crippen molar-refractivity contribution < 1.29 is 14.3 Å². The summed E-state index contributed by atoms with van der Waals surface area (Å²) in [5.41, 5.74) is 1.45. The molecule has 1 amide bonds. The van der Waals surface area contributed by atoms with Gasteiger partial charge in [-0.3, -0.25) is 4.79 Å². The number of rotatable bonds is 5. The summed E-state index contributed by atoms with van der Waals surface area (Å²) in [4.78, 5) is 19.4. The van der Waals surface area contributed by atoms with Gasteiger partial charge in [0.05, 0.1) is 35.0 Å². The second kappa shape index (κ2) is 7.87. The number of hydrogen-bond donors (Lipinski definition) is 0. The molecule has 0 spiro atoms. The first kappa shape index (κ1) is 18.3. The maximum atomic E-state index is 12.8. The topological polar surface area (TPSA) is 75.5 Å². The molecule has 4 rings (SSSR count). The lowest BCUT2D eigenvalue weighted by Crippen LogP contribution is -2.34. The van der Waals surface area contributed by atoms with E-state index in [1.807, 2.05) is 23.1 Å². The Labute approximate surface area is 166 Å². The molecule has 28 heavy (non-hydrogen) atoms. The van der Waals surface area contributed by atoms with Gasteiger partial charge >= 0.3 is 0 Å². The molecule has 1 fully saturated rings. The van der Waals surface area contributed by atoms with Crippen LogP contribution in [0.3, 0.4) is 0 Å². The molecule has 1 aromatic heterocycles. The number of nitrogens with zero attached hydrogens (tertiary/aromatic N) is 3. The third kappa shape index (κ3) is 3.51. The summed E-state index contributed by atoms with van der Waals surface area (Å²) in [5.74, 6) is 0.815. The Bertz CT molecular complexity index is 1020. The van der Waals surface area contributed by atoms with E-state index in [0.717, 1.165) is 28.1 Å². The van der Waals surface area contributed by atoms with E-state index in [9.17, 15) is 4.79 Å². The van der Waals surface area contributed by atoms with Crippen molar-refractivity contribution in [3.8, 4) is 17.6 Å². The predicted molar refractivity (Wildman–Crippen MR) is 107 cm³/mol. The van der Waals surface area contributed by atoms with Crippen LogP contribution in [0.25, 0.3) is 10.2 Å². The van der Waals surface area contributed by atoms with E-state index in [1.54, 1.807) is 29.5 Å². The van der Waals surface area contributed by atoms with Crippen LogP contribution in [0.4, 0.5) is 0 Å². The van der Waals surface area contributed by atoms with Gasteiger partial charge < -0.3 is 14.4 Å². The van der Waals surface area contributed by atoms with Gasteiger partial charge in [0.1, 0.15) is 5.01 Å². The van der Waals surface area contributed by atoms with Gasteiger partial charge in [-0.15, -0.1) is 11.3 Å². The van der Waals surface area contributed by atoms with Gasteiger partial charge in [-0.1, -0.05) is 12.1 Å². The highest BCUT2D eigenvalue weighted by molar-refractivity contribution is 7.18. The quantitative estimate of drug-likeness (QED) is 0.657. The number of hydrogen-bond acceptors (Lipinski definition) is 6. The molecule has 1 saturated heterocycles. The SMILES string of the molecule is COc1cc(C#N)ccc1OCC(=O)N1CCCC1c1nc2ccccc2s1. The van der Waals surface area contributed by atoms with Crippen molar-refractivity contribution >= 4 is 27.5 Å². The number of likely N-dealkylation sites (tertiary alicyclic amines) is 1. The third-order valence-electron chi connectivity index (χ3n) is 4.81. The number of fused-ring (bicyclic) bond motifs is 1. The molecule has 142 valence electrons. The molecule has 0 saturated carbocycles. The Morgan fingerprint density at radius 1 is 1.32 bits per heavy atom. The number of thiazole rings is 1. The highest BCUT2D eigenvalue weighted by Gasteiger charge is 2.32. The molecular weight excluding hydrogens is 374 g/mol. The van der Waals surface area contributed by atoms with E-state index in [-0.39, 0.29) is 18.6 Å². The van der Waals surface area contributed by atoms with Gasteiger partial charge in [-0.2, -0.15) is 5.26 Å².